The zero-order valence-electron chi connectivity index (χ0n) is 13.4. The van der Waals surface area contributed by atoms with Crippen molar-refractivity contribution in [2.45, 2.75) is 31.7 Å². The SMILES string of the molecule is CCNCc1sccc1S(=O)(=O)N(CC)CCCN(C)C. The Hall–Kier alpha value is -0.470. The highest BCUT2D eigenvalue weighted by Crippen LogP contribution is 2.25. The maximum Gasteiger partial charge on any atom is 0.244 e. The molecule has 0 bridgehead atoms. The molecule has 0 unspecified atom stereocenters. The molecule has 5 nitrogen and oxygen atoms in total. The summed E-state index contributed by atoms with van der Waals surface area (Å²) in [7, 11) is 0.615. The van der Waals surface area contributed by atoms with Crippen molar-refractivity contribution in [3.8, 4) is 0 Å². The van der Waals surface area contributed by atoms with Crippen LogP contribution in [0.3, 0.4) is 0 Å². The molecule has 0 spiro atoms. The Labute approximate surface area is 133 Å². The monoisotopic (exact) mass is 333 g/mol. The van der Waals surface area contributed by atoms with E-state index in [-0.39, 0.29) is 0 Å². The fourth-order valence-electron chi connectivity index (χ4n) is 2.08. The van der Waals surface area contributed by atoms with Crippen LogP contribution < -0.4 is 5.32 Å². The molecule has 0 fully saturated rings. The predicted molar refractivity (Wildman–Crippen MR) is 89.3 cm³/mol. The van der Waals surface area contributed by atoms with E-state index >= 15 is 0 Å². The first-order chi connectivity index (χ1) is 9.93. The van der Waals surface area contributed by atoms with Crippen LogP contribution in [0.5, 0.6) is 0 Å². The average molecular weight is 334 g/mol. The fourth-order valence-corrected chi connectivity index (χ4v) is 4.95. The Kier molecular flexibility index (Phi) is 7.83. The summed E-state index contributed by atoms with van der Waals surface area (Å²) >= 11 is 1.50. The summed E-state index contributed by atoms with van der Waals surface area (Å²) < 4.78 is 27.1. The van der Waals surface area contributed by atoms with E-state index < -0.39 is 10.0 Å². The van der Waals surface area contributed by atoms with Crippen molar-refractivity contribution < 1.29 is 8.42 Å². The number of thiophene rings is 1. The quantitative estimate of drug-likeness (QED) is 0.710. The second-order valence-corrected chi connectivity index (χ2v) is 8.05. The molecular formula is C14H27N3O2S2. The van der Waals surface area contributed by atoms with Gasteiger partial charge < -0.3 is 10.2 Å². The van der Waals surface area contributed by atoms with Crippen LogP contribution in [0, 0.1) is 0 Å². The van der Waals surface area contributed by atoms with Gasteiger partial charge in [-0.05, 0) is 45.1 Å². The van der Waals surface area contributed by atoms with Crippen molar-refractivity contribution in [2.24, 2.45) is 0 Å². The number of sulfonamides is 1. The molecular weight excluding hydrogens is 306 g/mol. The zero-order chi connectivity index (χ0) is 15.9. The Morgan fingerprint density at radius 2 is 1.95 bits per heavy atom. The molecule has 0 radical (unpaired) electrons. The first kappa shape index (κ1) is 18.6. The van der Waals surface area contributed by atoms with E-state index in [1.165, 1.54) is 11.3 Å². The first-order valence-corrected chi connectivity index (χ1v) is 9.67. The smallest absolute Gasteiger partial charge is 0.244 e. The van der Waals surface area contributed by atoms with Gasteiger partial charge in [0.1, 0.15) is 0 Å². The van der Waals surface area contributed by atoms with Gasteiger partial charge in [-0.2, -0.15) is 4.31 Å². The lowest BCUT2D eigenvalue weighted by atomic mass is 10.4. The van der Waals surface area contributed by atoms with Crippen LogP contribution in [0.2, 0.25) is 0 Å². The maximum absolute atomic E-state index is 12.8. The molecule has 0 aliphatic heterocycles. The number of hydrogen-bond donors (Lipinski definition) is 1. The summed E-state index contributed by atoms with van der Waals surface area (Å²) in [5.41, 5.74) is 0. The number of nitrogens with zero attached hydrogens (tertiary/aromatic N) is 2. The van der Waals surface area contributed by atoms with Crippen LogP contribution in [0.4, 0.5) is 0 Å². The molecule has 0 aromatic carbocycles. The third-order valence-corrected chi connectivity index (χ3v) is 6.33. The highest BCUT2D eigenvalue weighted by molar-refractivity contribution is 7.89. The fraction of sp³-hybridized carbons (Fsp3) is 0.714. The molecule has 7 heteroatoms. The second kappa shape index (κ2) is 8.85. The van der Waals surface area contributed by atoms with Crippen molar-refractivity contribution in [3.05, 3.63) is 16.3 Å². The van der Waals surface area contributed by atoms with E-state index in [0.717, 1.165) is 24.4 Å². The molecule has 122 valence electrons. The minimum atomic E-state index is -3.38. The van der Waals surface area contributed by atoms with Crippen molar-refractivity contribution in [1.82, 2.24) is 14.5 Å². The summed E-state index contributed by atoms with van der Waals surface area (Å²) in [4.78, 5) is 3.42. The van der Waals surface area contributed by atoms with E-state index in [4.69, 9.17) is 0 Å². The molecule has 0 saturated heterocycles. The molecule has 1 N–H and O–H groups in total. The Balaban J connectivity index is 2.84. The predicted octanol–water partition coefficient (Wildman–Crippen LogP) is 1.82. The molecule has 1 aromatic heterocycles. The molecule has 0 atom stereocenters. The minimum Gasteiger partial charge on any atom is -0.312 e. The van der Waals surface area contributed by atoms with E-state index in [2.05, 4.69) is 10.2 Å². The Morgan fingerprint density at radius 1 is 1.24 bits per heavy atom. The first-order valence-electron chi connectivity index (χ1n) is 7.35. The topological polar surface area (TPSA) is 52.7 Å². The lowest BCUT2D eigenvalue weighted by Crippen LogP contribution is -2.33. The van der Waals surface area contributed by atoms with Crippen molar-refractivity contribution >= 4 is 21.4 Å². The standard InChI is InChI=1S/C14H27N3O2S2/c1-5-15-12-13-14(8-11-20-13)21(18,19)17(6-2)10-7-9-16(3)4/h8,11,15H,5-7,9-10,12H2,1-4H3. The molecule has 0 amide bonds. The van der Waals surface area contributed by atoms with Gasteiger partial charge in [0.2, 0.25) is 10.0 Å². The Morgan fingerprint density at radius 3 is 2.52 bits per heavy atom. The van der Waals surface area contributed by atoms with Gasteiger partial charge in [-0.1, -0.05) is 13.8 Å². The summed E-state index contributed by atoms with van der Waals surface area (Å²) in [6, 6.07) is 1.72. The molecule has 1 heterocycles. The Bertz CT molecular complexity index is 512. The van der Waals surface area contributed by atoms with Gasteiger partial charge in [-0.25, -0.2) is 8.42 Å². The molecule has 1 aromatic rings. The van der Waals surface area contributed by atoms with E-state index in [0.29, 0.717) is 24.5 Å². The lowest BCUT2D eigenvalue weighted by molar-refractivity contribution is 0.356. The number of rotatable bonds is 10. The van der Waals surface area contributed by atoms with Crippen LogP contribution in [0.1, 0.15) is 25.1 Å². The number of hydrogen-bond acceptors (Lipinski definition) is 5. The second-order valence-electron chi connectivity index (χ2n) is 5.14. The van der Waals surface area contributed by atoms with Gasteiger partial charge in [0.05, 0.1) is 4.90 Å². The summed E-state index contributed by atoms with van der Waals surface area (Å²) in [6.45, 7) is 7.31. The van der Waals surface area contributed by atoms with Gasteiger partial charge in [0, 0.05) is 24.5 Å². The summed E-state index contributed by atoms with van der Waals surface area (Å²) in [5, 5.41) is 5.05. The highest BCUT2D eigenvalue weighted by Gasteiger charge is 2.26. The van der Waals surface area contributed by atoms with Crippen molar-refractivity contribution in [2.75, 3.05) is 40.3 Å². The van der Waals surface area contributed by atoms with E-state index in [1.54, 1.807) is 10.4 Å². The van der Waals surface area contributed by atoms with Gasteiger partial charge >= 0.3 is 0 Å². The maximum atomic E-state index is 12.8. The van der Waals surface area contributed by atoms with E-state index in [9.17, 15) is 8.42 Å². The van der Waals surface area contributed by atoms with E-state index in [1.807, 2.05) is 33.3 Å². The minimum absolute atomic E-state index is 0.458. The van der Waals surface area contributed by atoms with Gasteiger partial charge in [-0.15, -0.1) is 11.3 Å². The molecule has 1 rings (SSSR count). The van der Waals surface area contributed by atoms with Crippen LogP contribution in [-0.2, 0) is 16.6 Å². The molecule has 0 saturated carbocycles. The summed E-state index contributed by atoms with van der Waals surface area (Å²) in [6.07, 6.45) is 0.840. The third kappa shape index (κ3) is 5.34. The third-order valence-electron chi connectivity index (χ3n) is 3.22. The normalized spacial score (nSPS) is 12.5. The van der Waals surface area contributed by atoms with Gasteiger partial charge in [0.25, 0.3) is 0 Å². The largest absolute Gasteiger partial charge is 0.312 e. The highest BCUT2D eigenvalue weighted by atomic mass is 32.2. The van der Waals surface area contributed by atoms with Crippen molar-refractivity contribution in [3.63, 3.8) is 0 Å². The lowest BCUT2D eigenvalue weighted by Gasteiger charge is -2.21. The van der Waals surface area contributed by atoms with Gasteiger partial charge in [0.15, 0.2) is 0 Å². The van der Waals surface area contributed by atoms with Crippen molar-refractivity contribution in [1.29, 1.82) is 0 Å². The van der Waals surface area contributed by atoms with Crippen LogP contribution in [-0.4, -0.2) is 57.9 Å². The molecule has 0 aliphatic rings. The zero-order valence-corrected chi connectivity index (χ0v) is 15.1. The van der Waals surface area contributed by atoms with Crippen LogP contribution in [0.25, 0.3) is 0 Å². The van der Waals surface area contributed by atoms with Crippen LogP contribution in [0.15, 0.2) is 16.3 Å². The number of nitrogens with one attached hydrogen (secondary N) is 1. The molecule has 0 aliphatic carbocycles. The molecule has 21 heavy (non-hydrogen) atoms. The van der Waals surface area contributed by atoms with Gasteiger partial charge in [-0.3, -0.25) is 0 Å². The average Bonchev–Trinajstić information content (AvgIpc) is 2.89. The summed E-state index contributed by atoms with van der Waals surface area (Å²) in [5.74, 6) is 0. The van der Waals surface area contributed by atoms with Crippen LogP contribution >= 0.6 is 11.3 Å².